The zero-order valence-electron chi connectivity index (χ0n) is 16.0. The number of rotatable bonds is 12. The molecule has 0 amide bonds. The molecule has 0 radical (unpaired) electrons. The maximum atomic E-state index is 13.5. The van der Waals surface area contributed by atoms with Gasteiger partial charge in [0.1, 0.15) is 0 Å². The van der Waals surface area contributed by atoms with Crippen molar-refractivity contribution in [1.29, 1.82) is 0 Å². The third kappa shape index (κ3) is 4.53. The molecule has 0 saturated carbocycles. The van der Waals surface area contributed by atoms with Crippen LogP contribution in [0.25, 0.3) is 0 Å². The largest absolute Gasteiger partial charge is 0.477 e. The molecule has 0 aliphatic rings. The molecule has 0 unspecified atom stereocenters. The van der Waals surface area contributed by atoms with Gasteiger partial charge in [-0.05, 0) is 11.6 Å². The van der Waals surface area contributed by atoms with E-state index in [0.717, 1.165) is 0 Å². The Hall–Kier alpha value is -1.82. The molecule has 0 spiro atoms. The fourth-order valence-electron chi connectivity index (χ4n) is 1.91. The van der Waals surface area contributed by atoms with Crippen molar-refractivity contribution in [1.82, 2.24) is 0 Å². The Bertz CT molecular complexity index is 904. The van der Waals surface area contributed by atoms with Gasteiger partial charge in [-0.25, -0.2) is 9.53 Å². The molecular formula is C12HClF22O3. The maximum Gasteiger partial charge on any atom is 0.445 e. The molecule has 0 fully saturated rings. The fraction of sp³-hybridized carbons (Fsp3) is 0.917. The summed E-state index contributed by atoms with van der Waals surface area (Å²) in [5.74, 6) is -84.9. The first-order chi connectivity index (χ1) is 15.9. The summed E-state index contributed by atoms with van der Waals surface area (Å²) in [5.41, 5.74) is -6.29. The lowest BCUT2D eigenvalue weighted by Crippen LogP contribution is -2.77. The van der Waals surface area contributed by atoms with Gasteiger partial charge >= 0.3 is 70.9 Å². The summed E-state index contributed by atoms with van der Waals surface area (Å²) in [6.45, 7) is 0. The zero-order valence-corrected chi connectivity index (χ0v) is 16.7. The Kier molecular flexibility index (Phi) is 8.42. The molecular weight excluding hydrogens is 646 g/mol. The van der Waals surface area contributed by atoms with Gasteiger partial charge < -0.3 is 5.11 Å². The number of hydrogen-bond acceptors (Lipinski definition) is 2. The Morgan fingerprint density at radius 1 is 0.447 bits per heavy atom. The maximum absolute atomic E-state index is 13.5. The molecule has 0 saturated heterocycles. The van der Waals surface area contributed by atoms with Crippen LogP contribution in [0.1, 0.15) is 0 Å². The van der Waals surface area contributed by atoms with Crippen LogP contribution in [0.5, 0.6) is 0 Å². The molecule has 0 bridgehead atoms. The van der Waals surface area contributed by atoms with Crippen LogP contribution in [-0.2, 0) is 9.53 Å². The fourth-order valence-corrected chi connectivity index (χ4v) is 2.00. The average Bonchev–Trinajstić information content (AvgIpc) is 2.64. The van der Waals surface area contributed by atoms with Crippen molar-refractivity contribution in [3.05, 3.63) is 0 Å². The number of carboxylic acids is 1. The van der Waals surface area contributed by atoms with E-state index in [1.165, 1.54) is 4.74 Å². The van der Waals surface area contributed by atoms with Crippen molar-refractivity contribution < 1.29 is 111 Å². The van der Waals surface area contributed by atoms with Crippen LogP contribution in [-0.4, -0.2) is 76.1 Å². The summed E-state index contributed by atoms with van der Waals surface area (Å²) in [5, 5.41) is 7.66. The lowest BCUT2D eigenvalue weighted by Gasteiger charge is -2.44. The molecule has 38 heavy (non-hydrogen) atoms. The van der Waals surface area contributed by atoms with Gasteiger partial charge in [0.25, 0.3) is 0 Å². The lowest BCUT2D eigenvalue weighted by atomic mass is 9.86. The predicted octanol–water partition coefficient (Wildman–Crippen LogP) is 7.19. The van der Waals surface area contributed by atoms with Crippen molar-refractivity contribution in [2.75, 3.05) is 0 Å². The zero-order chi connectivity index (χ0) is 31.8. The highest BCUT2D eigenvalue weighted by atomic mass is 35.5. The monoisotopic (exact) mass is 646 g/mol. The number of aliphatic carboxylic acids is 1. The Morgan fingerprint density at radius 3 is 0.868 bits per heavy atom. The molecule has 1 N–H and O–H groups in total. The van der Waals surface area contributed by atoms with Gasteiger partial charge in [-0.1, -0.05) is 0 Å². The van der Waals surface area contributed by atoms with Gasteiger partial charge in [-0.3, -0.25) is 0 Å². The molecule has 3 nitrogen and oxygen atoms in total. The van der Waals surface area contributed by atoms with Crippen LogP contribution in [0.4, 0.5) is 96.6 Å². The van der Waals surface area contributed by atoms with E-state index in [0.29, 0.717) is 0 Å². The number of ether oxygens (including phenoxy) is 1. The molecule has 0 aromatic rings. The summed E-state index contributed by atoms with van der Waals surface area (Å²) in [4.78, 5) is 9.89. The third-order valence-corrected chi connectivity index (χ3v) is 4.11. The Balaban J connectivity index is 7.16. The van der Waals surface area contributed by atoms with Crippen molar-refractivity contribution in [3.63, 3.8) is 0 Å². The molecule has 228 valence electrons. The van der Waals surface area contributed by atoms with E-state index in [-0.39, 0.29) is 0 Å². The molecule has 0 atom stereocenters. The molecule has 26 heteroatoms. The molecule has 0 aliphatic heterocycles. The highest BCUT2D eigenvalue weighted by Crippen LogP contribution is 2.66. The SMILES string of the molecule is O=C(O)C(F)(F)C(F)(F)C(F)(F)C(F)(F)C(F)(F)C(F)(F)C(F)(F)C(F)(F)C(F)(F)C(F)(F)OC(F)(F)Cl. The number of halogens is 23. The summed E-state index contributed by atoms with van der Waals surface area (Å²) < 4.78 is 290. The number of alkyl halides is 23. The quantitative estimate of drug-likeness (QED) is 0.181. The first-order valence-electron chi connectivity index (χ1n) is 7.68. The van der Waals surface area contributed by atoms with Crippen LogP contribution in [0.15, 0.2) is 0 Å². The molecule has 0 aromatic carbocycles. The summed E-state index contributed by atoms with van der Waals surface area (Å²) in [6.07, 6.45) is -7.94. The highest BCUT2D eigenvalue weighted by Gasteiger charge is 2.98. The van der Waals surface area contributed by atoms with E-state index in [1.54, 1.807) is 0 Å². The predicted molar refractivity (Wildman–Crippen MR) is 69.0 cm³/mol. The van der Waals surface area contributed by atoms with Gasteiger partial charge in [-0.2, -0.15) is 96.6 Å². The van der Waals surface area contributed by atoms with Crippen LogP contribution in [0.2, 0.25) is 0 Å². The second kappa shape index (κ2) is 8.84. The van der Waals surface area contributed by atoms with Crippen molar-refractivity contribution in [3.8, 4) is 0 Å². The lowest BCUT2D eigenvalue weighted by molar-refractivity contribution is -0.491. The number of carboxylic acid groups (broad SMARTS) is 1. The van der Waals surface area contributed by atoms with Crippen LogP contribution < -0.4 is 0 Å². The second-order valence-electron chi connectivity index (χ2n) is 6.54. The highest BCUT2D eigenvalue weighted by molar-refractivity contribution is 6.20. The van der Waals surface area contributed by atoms with E-state index in [9.17, 15) is 101 Å². The minimum Gasteiger partial charge on any atom is -0.477 e. The summed E-state index contributed by atoms with van der Waals surface area (Å²) in [6, 6.07) is 0. The first-order valence-corrected chi connectivity index (χ1v) is 8.06. The summed E-state index contributed by atoms with van der Waals surface area (Å²) in [7, 11) is 0. The normalized spacial score (nSPS) is 16.6. The van der Waals surface area contributed by atoms with Crippen LogP contribution >= 0.6 is 11.6 Å². The third-order valence-electron chi connectivity index (χ3n) is 4.03. The molecule has 0 aliphatic carbocycles. The van der Waals surface area contributed by atoms with Crippen molar-refractivity contribution in [2.45, 2.75) is 65.0 Å². The minimum absolute atomic E-state index is 1.39. The van der Waals surface area contributed by atoms with Gasteiger partial charge in [0.2, 0.25) is 0 Å². The number of hydrogen-bond donors (Lipinski definition) is 1. The van der Waals surface area contributed by atoms with Gasteiger partial charge in [0, 0.05) is 0 Å². The van der Waals surface area contributed by atoms with E-state index in [4.69, 9.17) is 5.11 Å². The van der Waals surface area contributed by atoms with Gasteiger partial charge in [-0.15, -0.1) is 0 Å². The van der Waals surface area contributed by atoms with Crippen molar-refractivity contribution >= 4 is 17.6 Å². The molecule has 0 aromatic heterocycles. The first kappa shape index (κ1) is 36.2. The Morgan fingerprint density at radius 2 is 0.658 bits per heavy atom. The van der Waals surface area contributed by atoms with E-state index < -0.39 is 70.9 Å². The Labute approximate surface area is 195 Å². The van der Waals surface area contributed by atoms with Crippen LogP contribution in [0.3, 0.4) is 0 Å². The van der Waals surface area contributed by atoms with E-state index >= 15 is 0 Å². The van der Waals surface area contributed by atoms with E-state index in [1.807, 2.05) is 0 Å². The van der Waals surface area contributed by atoms with E-state index in [2.05, 4.69) is 11.6 Å². The molecule has 0 heterocycles. The summed E-state index contributed by atoms with van der Waals surface area (Å²) >= 11 is 3.44. The standard InChI is InChI=1S/C12HClF22O3/c13-12(34,35)38-11(32,33)10(30,31)9(28,29)8(26,27)7(24,25)6(22,23)5(20,21)4(18,19)3(16,17)2(14,15)1(36)37/h(H,36,37). The number of carbonyl (C=O) groups is 1. The molecule has 0 rings (SSSR count). The topological polar surface area (TPSA) is 46.5 Å². The second-order valence-corrected chi connectivity index (χ2v) is 6.98. The van der Waals surface area contributed by atoms with Crippen LogP contribution in [0, 0.1) is 0 Å². The van der Waals surface area contributed by atoms with Gasteiger partial charge in [0.15, 0.2) is 0 Å². The average molecular weight is 647 g/mol. The minimum atomic E-state index is -9.41. The van der Waals surface area contributed by atoms with Crippen molar-refractivity contribution in [2.24, 2.45) is 0 Å². The van der Waals surface area contributed by atoms with Gasteiger partial charge in [0.05, 0.1) is 0 Å². The smallest absolute Gasteiger partial charge is 0.445 e.